The summed E-state index contributed by atoms with van der Waals surface area (Å²) in [6.45, 7) is 2.65. The molecule has 0 unspecified atom stereocenters. The summed E-state index contributed by atoms with van der Waals surface area (Å²) in [6, 6.07) is 1.70. The number of thiophene rings is 1. The number of amides is 1. The Bertz CT molecular complexity index is 317. The molecule has 0 aromatic carbocycles. The Morgan fingerprint density at radius 3 is 2.87 bits per heavy atom. The molecule has 0 fully saturated rings. The van der Waals surface area contributed by atoms with Crippen molar-refractivity contribution in [2.24, 2.45) is 0 Å². The van der Waals surface area contributed by atoms with E-state index in [9.17, 15) is 4.79 Å². The molecule has 0 spiro atoms. The number of aliphatic hydroxyl groups excluding tert-OH is 1. The van der Waals surface area contributed by atoms with Gasteiger partial charge in [-0.3, -0.25) is 4.79 Å². The van der Waals surface area contributed by atoms with Crippen molar-refractivity contribution < 1.29 is 9.90 Å². The minimum absolute atomic E-state index is 0.0854. The van der Waals surface area contributed by atoms with E-state index in [1.165, 1.54) is 11.3 Å². The number of rotatable bonds is 5. The number of unbranched alkanes of at least 4 members (excludes halogenated alkanes) is 1. The highest BCUT2D eigenvalue weighted by molar-refractivity contribution is 7.14. The third kappa shape index (κ3) is 3.53. The molecule has 0 aliphatic carbocycles. The number of aryl methyl sites for hydroxylation is 1. The first-order chi connectivity index (χ1) is 7.15. The lowest BCUT2D eigenvalue weighted by atomic mass is 10.3. The Morgan fingerprint density at radius 1 is 1.60 bits per heavy atom. The molecular weight excluding hydrogens is 212 g/mol. The molecule has 1 rings (SSSR count). The topological polar surface area (TPSA) is 75.3 Å². The summed E-state index contributed by atoms with van der Waals surface area (Å²) in [5, 5.41) is 11.3. The second-order valence-electron chi connectivity index (χ2n) is 3.31. The van der Waals surface area contributed by atoms with Gasteiger partial charge in [0.05, 0.1) is 4.88 Å². The van der Waals surface area contributed by atoms with Crippen LogP contribution in [0.15, 0.2) is 6.07 Å². The van der Waals surface area contributed by atoms with E-state index in [-0.39, 0.29) is 12.5 Å². The zero-order chi connectivity index (χ0) is 11.3. The van der Waals surface area contributed by atoms with E-state index >= 15 is 0 Å². The van der Waals surface area contributed by atoms with Crippen molar-refractivity contribution >= 4 is 22.9 Å². The van der Waals surface area contributed by atoms with Crippen LogP contribution in [0, 0.1) is 6.92 Å². The molecule has 84 valence electrons. The van der Waals surface area contributed by atoms with Gasteiger partial charge in [0.25, 0.3) is 5.91 Å². The number of carbonyl (C=O) groups is 1. The summed E-state index contributed by atoms with van der Waals surface area (Å²) in [7, 11) is 0. The Hall–Kier alpha value is -1.07. The molecule has 1 aromatic rings. The third-order valence-corrected chi connectivity index (χ3v) is 3.12. The monoisotopic (exact) mass is 228 g/mol. The van der Waals surface area contributed by atoms with Crippen LogP contribution in [0.25, 0.3) is 0 Å². The van der Waals surface area contributed by atoms with Crippen molar-refractivity contribution in [1.82, 2.24) is 5.32 Å². The van der Waals surface area contributed by atoms with E-state index in [4.69, 9.17) is 10.8 Å². The maximum Gasteiger partial charge on any atom is 0.261 e. The maximum absolute atomic E-state index is 11.6. The average molecular weight is 228 g/mol. The molecule has 0 saturated carbocycles. The molecular formula is C10H16N2O2S. The number of hydrogen-bond donors (Lipinski definition) is 3. The molecule has 0 bridgehead atoms. The van der Waals surface area contributed by atoms with Crippen LogP contribution in [-0.2, 0) is 0 Å². The molecule has 4 nitrogen and oxygen atoms in total. The molecule has 1 heterocycles. The van der Waals surface area contributed by atoms with Crippen molar-refractivity contribution in [1.29, 1.82) is 0 Å². The van der Waals surface area contributed by atoms with Crippen LogP contribution in [0.3, 0.4) is 0 Å². The zero-order valence-corrected chi connectivity index (χ0v) is 9.56. The van der Waals surface area contributed by atoms with E-state index in [0.29, 0.717) is 23.5 Å². The van der Waals surface area contributed by atoms with Gasteiger partial charge in [-0.1, -0.05) is 0 Å². The van der Waals surface area contributed by atoms with Crippen molar-refractivity contribution in [2.45, 2.75) is 19.8 Å². The largest absolute Gasteiger partial charge is 0.398 e. The van der Waals surface area contributed by atoms with Gasteiger partial charge in [-0.2, -0.15) is 0 Å². The predicted octanol–water partition coefficient (Wildman–Crippen LogP) is 1.14. The summed E-state index contributed by atoms with van der Waals surface area (Å²) >= 11 is 1.40. The fraction of sp³-hybridized carbons (Fsp3) is 0.500. The second-order valence-corrected chi connectivity index (χ2v) is 4.57. The minimum Gasteiger partial charge on any atom is -0.398 e. The van der Waals surface area contributed by atoms with E-state index < -0.39 is 0 Å². The van der Waals surface area contributed by atoms with Gasteiger partial charge in [-0.05, 0) is 25.8 Å². The Kier molecular flexibility index (Phi) is 4.58. The summed E-state index contributed by atoms with van der Waals surface area (Å²) in [4.78, 5) is 13.2. The van der Waals surface area contributed by atoms with Crippen LogP contribution in [-0.4, -0.2) is 24.2 Å². The lowest BCUT2D eigenvalue weighted by Crippen LogP contribution is -2.23. The predicted molar refractivity (Wildman–Crippen MR) is 62.1 cm³/mol. The Balaban J connectivity index is 2.40. The van der Waals surface area contributed by atoms with Crippen LogP contribution in [0.5, 0.6) is 0 Å². The summed E-state index contributed by atoms with van der Waals surface area (Å²) < 4.78 is 0. The molecule has 4 N–H and O–H groups in total. The van der Waals surface area contributed by atoms with Gasteiger partial charge in [-0.25, -0.2) is 0 Å². The second kappa shape index (κ2) is 5.72. The fourth-order valence-corrected chi connectivity index (χ4v) is 1.99. The van der Waals surface area contributed by atoms with Gasteiger partial charge >= 0.3 is 0 Å². The normalized spacial score (nSPS) is 10.3. The highest BCUT2D eigenvalue weighted by atomic mass is 32.1. The van der Waals surface area contributed by atoms with Crippen LogP contribution in [0.1, 0.15) is 27.4 Å². The van der Waals surface area contributed by atoms with Crippen molar-refractivity contribution in [3.8, 4) is 0 Å². The van der Waals surface area contributed by atoms with Crippen LogP contribution in [0.2, 0.25) is 0 Å². The lowest BCUT2D eigenvalue weighted by Gasteiger charge is -2.01. The molecule has 1 amide bonds. The van der Waals surface area contributed by atoms with Crippen molar-refractivity contribution in [2.75, 3.05) is 18.9 Å². The van der Waals surface area contributed by atoms with Gasteiger partial charge in [0.1, 0.15) is 0 Å². The first-order valence-electron chi connectivity index (χ1n) is 4.90. The number of carbonyl (C=O) groups excluding carboxylic acids is 1. The van der Waals surface area contributed by atoms with Crippen LogP contribution < -0.4 is 11.1 Å². The Labute approximate surface area is 93.1 Å². The number of nitrogens with one attached hydrogen (secondary N) is 1. The molecule has 0 aliphatic rings. The quantitative estimate of drug-likeness (QED) is 0.661. The van der Waals surface area contributed by atoms with Gasteiger partial charge in [0.2, 0.25) is 0 Å². The first-order valence-corrected chi connectivity index (χ1v) is 5.71. The molecule has 15 heavy (non-hydrogen) atoms. The molecule has 0 radical (unpaired) electrons. The van der Waals surface area contributed by atoms with E-state index in [0.717, 1.165) is 11.3 Å². The lowest BCUT2D eigenvalue weighted by molar-refractivity contribution is 0.0956. The molecule has 1 aromatic heterocycles. The van der Waals surface area contributed by atoms with Crippen LogP contribution in [0.4, 0.5) is 5.69 Å². The molecule has 0 atom stereocenters. The number of nitrogens with two attached hydrogens (primary N) is 1. The highest BCUT2D eigenvalue weighted by Crippen LogP contribution is 2.22. The maximum atomic E-state index is 11.6. The first kappa shape index (κ1) is 12.0. The van der Waals surface area contributed by atoms with Crippen LogP contribution >= 0.6 is 11.3 Å². The summed E-state index contributed by atoms with van der Waals surface area (Å²) in [6.07, 6.45) is 1.51. The molecule has 5 heteroatoms. The molecule has 0 aliphatic heterocycles. The fourth-order valence-electron chi connectivity index (χ4n) is 1.13. The van der Waals surface area contributed by atoms with E-state index in [1.807, 2.05) is 6.92 Å². The minimum atomic E-state index is -0.0854. The van der Waals surface area contributed by atoms with Gasteiger partial charge in [-0.15, -0.1) is 11.3 Å². The van der Waals surface area contributed by atoms with E-state index in [1.54, 1.807) is 6.07 Å². The van der Waals surface area contributed by atoms with Gasteiger partial charge < -0.3 is 16.2 Å². The highest BCUT2D eigenvalue weighted by Gasteiger charge is 2.09. The third-order valence-electron chi connectivity index (χ3n) is 2.05. The van der Waals surface area contributed by atoms with Gasteiger partial charge in [0, 0.05) is 23.7 Å². The SMILES string of the molecule is Cc1sc(C(=O)NCCCCO)cc1N. The average Bonchev–Trinajstić information content (AvgIpc) is 2.54. The summed E-state index contributed by atoms with van der Waals surface area (Å²) in [5.41, 5.74) is 6.32. The number of aliphatic hydroxyl groups is 1. The summed E-state index contributed by atoms with van der Waals surface area (Å²) in [5.74, 6) is -0.0854. The standard InChI is InChI=1S/C10H16N2O2S/c1-7-8(11)6-9(15-7)10(14)12-4-2-3-5-13/h6,13H,2-5,11H2,1H3,(H,12,14). The number of nitrogen functional groups attached to an aromatic ring is 1. The number of anilines is 1. The zero-order valence-electron chi connectivity index (χ0n) is 8.75. The van der Waals surface area contributed by atoms with Crippen molar-refractivity contribution in [3.63, 3.8) is 0 Å². The van der Waals surface area contributed by atoms with Gasteiger partial charge in [0.15, 0.2) is 0 Å². The smallest absolute Gasteiger partial charge is 0.261 e. The van der Waals surface area contributed by atoms with E-state index in [2.05, 4.69) is 5.32 Å². The number of hydrogen-bond acceptors (Lipinski definition) is 4. The molecule has 0 saturated heterocycles. The Morgan fingerprint density at radius 2 is 2.33 bits per heavy atom. The van der Waals surface area contributed by atoms with Crippen molar-refractivity contribution in [3.05, 3.63) is 15.8 Å².